The van der Waals surface area contributed by atoms with E-state index in [1.165, 1.54) is 11.3 Å². The lowest BCUT2D eigenvalue weighted by atomic mass is 10.2. The molecule has 1 unspecified atom stereocenters. The summed E-state index contributed by atoms with van der Waals surface area (Å²) in [6.07, 6.45) is 0. The Balaban J connectivity index is 2.07. The van der Waals surface area contributed by atoms with Gasteiger partial charge in [0.2, 0.25) is 0 Å². The highest BCUT2D eigenvalue weighted by atomic mass is 79.9. The largest absolute Gasteiger partial charge is 0.464 e. The van der Waals surface area contributed by atoms with E-state index in [1.807, 2.05) is 39.0 Å². The van der Waals surface area contributed by atoms with Crippen LogP contribution in [-0.4, -0.2) is 5.91 Å². The van der Waals surface area contributed by atoms with Crippen LogP contribution in [0.1, 0.15) is 39.7 Å². The first-order chi connectivity index (χ1) is 8.47. The lowest BCUT2D eigenvalue weighted by Gasteiger charge is -2.10. The van der Waals surface area contributed by atoms with Gasteiger partial charge in [-0.3, -0.25) is 4.79 Å². The molecular weight excluding hydrogens is 314 g/mol. The summed E-state index contributed by atoms with van der Waals surface area (Å²) in [5, 5.41) is 2.92. The summed E-state index contributed by atoms with van der Waals surface area (Å²) in [5.74, 6) is 1.55. The van der Waals surface area contributed by atoms with Crippen molar-refractivity contribution in [3.63, 3.8) is 0 Å². The Morgan fingerprint density at radius 3 is 2.67 bits per heavy atom. The Bertz CT molecular complexity index is 554. The number of amides is 1. The number of nitrogens with one attached hydrogen (secondary N) is 1. The van der Waals surface area contributed by atoms with Crippen LogP contribution in [0.5, 0.6) is 0 Å². The van der Waals surface area contributed by atoms with Crippen molar-refractivity contribution in [2.45, 2.75) is 26.8 Å². The number of hydrogen-bond acceptors (Lipinski definition) is 3. The van der Waals surface area contributed by atoms with Gasteiger partial charge in [0.25, 0.3) is 5.91 Å². The van der Waals surface area contributed by atoms with Gasteiger partial charge >= 0.3 is 0 Å². The van der Waals surface area contributed by atoms with Gasteiger partial charge in [-0.1, -0.05) is 0 Å². The molecule has 0 aliphatic heterocycles. The van der Waals surface area contributed by atoms with E-state index >= 15 is 0 Å². The van der Waals surface area contributed by atoms with Crippen molar-refractivity contribution in [3.05, 3.63) is 43.9 Å². The summed E-state index contributed by atoms with van der Waals surface area (Å²) in [7, 11) is 0. The molecule has 18 heavy (non-hydrogen) atoms. The van der Waals surface area contributed by atoms with Crippen LogP contribution >= 0.6 is 27.3 Å². The van der Waals surface area contributed by atoms with E-state index < -0.39 is 0 Å². The second kappa shape index (κ2) is 5.28. The maximum atomic E-state index is 12.0. The molecule has 0 aliphatic rings. The monoisotopic (exact) mass is 327 g/mol. The summed E-state index contributed by atoms with van der Waals surface area (Å²) in [6, 6.07) is 5.52. The minimum atomic E-state index is -0.132. The highest BCUT2D eigenvalue weighted by Crippen LogP contribution is 2.27. The molecule has 0 radical (unpaired) electrons. The smallest absolute Gasteiger partial charge is 0.261 e. The fourth-order valence-electron chi connectivity index (χ4n) is 1.60. The van der Waals surface area contributed by atoms with Gasteiger partial charge < -0.3 is 9.73 Å². The van der Waals surface area contributed by atoms with Crippen LogP contribution in [-0.2, 0) is 0 Å². The molecule has 0 fully saturated rings. The average molecular weight is 328 g/mol. The highest BCUT2D eigenvalue weighted by Gasteiger charge is 2.16. The lowest BCUT2D eigenvalue weighted by molar-refractivity contribution is 0.0939. The van der Waals surface area contributed by atoms with Crippen molar-refractivity contribution in [1.82, 2.24) is 5.32 Å². The van der Waals surface area contributed by atoms with Gasteiger partial charge in [-0.25, -0.2) is 0 Å². The molecule has 1 N–H and O–H groups in total. The van der Waals surface area contributed by atoms with Crippen LogP contribution in [0.3, 0.4) is 0 Å². The summed E-state index contributed by atoms with van der Waals surface area (Å²) in [6.45, 7) is 5.76. The van der Waals surface area contributed by atoms with Crippen molar-refractivity contribution in [2.24, 2.45) is 0 Å². The fourth-order valence-corrected chi connectivity index (χ4v) is 3.03. The molecule has 0 spiro atoms. The molecule has 1 amide bonds. The van der Waals surface area contributed by atoms with Crippen LogP contribution in [0.4, 0.5) is 0 Å². The van der Waals surface area contributed by atoms with Crippen molar-refractivity contribution in [1.29, 1.82) is 0 Å². The zero-order valence-electron chi connectivity index (χ0n) is 10.4. The maximum absolute atomic E-state index is 12.0. The van der Waals surface area contributed by atoms with E-state index in [2.05, 4.69) is 21.2 Å². The molecule has 2 rings (SSSR count). The Morgan fingerprint density at radius 2 is 2.17 bits per heavy atom. The van der Waals surface area contributed by atoms with Crippen molar-refractivity contribution >= 4 is 33.2 Å². The number of rotatable bonds is 3. The first-order valence-electron chi connectivity index (χ1n) is 5.60. The van der Waals surface area contributed by atoms with Gasteiger partial charge in [-0.2, -0.15) is 0 Å². The van der Waals surface area contributed by atoms with Crippen molar-refractivity contribution < 1.29 is 9.21 Å². The summed E-state index contributed by atoms with van der Waals surface area (Å²) in [5.41, 5.74) is 1.08. The van der Waals surface area contributed by atoms with Crippen molar-refractivity contribution in [3.8, 4) is 0 Å². The molecule has 0 saturated heterocycles. The number of carbonyl (C=O) groups excluding carboxylic acids is 1. The molecule has 2 heterocycles. The third-order valence-electron chi connectivity index (χ3n) is 2.62. The molecule has 2 aromatic rings. The van der Waals surface area contributed by atoms with E-state index in [0.29, 0.717) is 4.88 Å². The molecule has 0 aromatic carbocycles. The molecule has 1 atom stereocenters. The number of halogens is 1. The van der Waals surface area contributed by atoms with Gasteiger partial charge in [-0.15, -0.1) is 11.3 Å². The lowest BCUT2D eigenvalue weighted by Crippen LogP contribution is -2.25. The normalized spacial score (nSPS) is 12.4. The SMILES string of the molecule is Cc1ccc(C(C)NC(=O)c2cc(C)c(Br)s2)o1. The average Bonchev–Trinajstić information content (AvgIpc) is 2.86. The maximum Gasteiger partial charge on any atom is 0.261 e. The first kappa shape index (κ1) is 13.4. The van der Waals surface area contributed by atoms with Gasteiger partial charge in [0.15, 0.2) is 0 Å². The standard InChI is InChI=1S/C13H14BrNO2S/c1-7-6-11(18-12(7)14)13(16)15-9(3)10-5-4-8(2)17-10/h4-6,9H,1-3H3,(H,15,16). The molecule has 0 aliphatic carbocycles. The van der Waals surface area contributed by atoms with E-state index in [1.54, 1.807) is 0 Å². The van der Waals surface area contributed by atoms with Gasteiger partial charge in [0, 0.05) is 0 Å². The predicted molar refractivity (Wildman–Crippen MR) is 76.1 cm³/mol. The molecule has 0 saturated carbocycles. The van der Waals surface area contributed by atoms with Crippen LogP contribution in [0.15, 0.2) is 26.4 Å². The topological polar surface area (TPSA) is 42.2 Å². The van der Waals surface area contributed by atoms with E-state index in [9.17, 15) is 4.79 Å². The summed E-state index contributed by atoms with van der Waals surface area (Å²) in [4.78, 5) is 12.7. The number of furan rings is 1. The van der Waals surface area contributed by atoms with E-state index in [0.717, 1.165) is 20.9 Å². The molecular formula is C13H14BrNO2S. The Hall–Kier alpha value is -1.07. The second-order valence-electron chi connectivity index (χ2n) is 4.21. The number of carbonyl (C=O) groups is 1. The van der Waals surface area contributed by atoms with Gasteiger partial charge in [0.05, 0.1) is 14.7 Å². The first-order valence-corrected chi connectivity index (χ1v) is 7.21. The Kier molecular flexibility index (Phi) is 3.92. The molecule has 96 valence electrons. The number of aryl methyl sites for hydroxylation is 2. The second-order valence-corrected chi connectivity index (χ2v) is 6.58. The summed E-state index contributed by atoms with van der Waals surface area (Å²) < 4.78 is 6.48. The van der Waals surface area contributed by atoms with Crippen LogP contribution in [0.2, 0.25) is 0 Å². The third kappa shape index (κ3) is 2.84. The van der Waals surface area contributed by atoms with Crippen LogP contribution < -0.4 is 5.32 Å². The molecule has 3 nitrogen and oxygen atoms in total. The van der Waals surface area contributed by atoms with Crippen molar-refractivity contribution in [2.75, 3.05) is 0 Å². The zero-order chi connectivity index (χ0) is 13.3. The quantitative estimate of drug-likeness (QED) is 0.917. The molecule has 2 aromatic heterocycles. The number of hydrogen-bond donors (Lipinski definition) is 1. The molecule has 5 heteroatoms. The predicted octanol–water partition coefficient (Wildman–Crippen LogP) is 4.21. The zero-order valence-corrected chi connectivity index (χ0v) is 12.8. The highest BCUT2D eigenvalue weighted by molar-refractivity contribution is 9.11. The summed E-state index contributed by atoms with van der Waals surface area (Å²) >= 11 is 4.86. The number of thiophene rings is 1. The van der Waals surface area contributed by atoms with Crippen LogP contribution in [0.25, 0.3) is 0 Å². The molecule has 0 bridgehead atoms. The minimum Gasteiger partial charge on any atom is -0.464 e. The van der Waals surface area contributed by atoms with Crippen LogP contribution in [0, 0.1) is 13.8 Å². The van der Waals surface area contributed by atoms with E-state index in [4.69, 9.17) is 4.42 Å². The minimum absolute atomic E-state index is 0.0737. The van der Waals surface area contributed by atoms with Gasteiger partial charge in [-0.05, 0) is 60.5 Å². The Labute approximate surface area is 118 Å². The van der Waals surface area contributed by atoms with Gasteiger partial charge in [0.1, 0.15) is 11.5 Å². The van der Waals surface area contributed by atoms with E-state index in [-0.39, 0.29) is 11.9 Å². The third-order valence-corrected chi connectivity index (χ3v) is 4.75. The Morgan fingerprint density at radius 1 is 1.44 bits per heavy atom. The fraction of sp³-hybridized carbons (Fsp3) is 0.308.